The molecule has 0 radical (unpaired) electrons. The van der Waals surface area contributed by atoms with Gasteiger partial charge < -0.3 is 15.2 Å². The van der Waals surface area contributed by atoms with Crippen molar-refractivity contribution in [2.24, 2.45) is 0 Å². The summed E-state index contributed by atoms with van der Waals surface area (Å²) in [6.45, 7) is 0.0356. The summed E-state index contributed by atoms with van der Waals surface area (Å²) in [5.74, 6) is -1.03. The van der Waals surface area contributed by atoms with E-state index in [4.69, 9.17) is 21.4 Å². The molecular weight excluding hydrogens is 446 g/mol. The lowest BCUT2D eigenvalue weighted by Gasteiger charge is -2.19. The molecule has 1 amide bonds. The van der Waals surface area contributed by atoms with Crippen molar-refractivity contribution in [3.8, 4) is 5.75 Å². The largest absolute Gasteiger partial charge is 0.490 e. The summed E-state index contributed by atoms with van der Waals surface area (Å²) in [7, 11) is -4.00. The highest BCUT2D eigenvalue weighted by Gasteiger charge is 2.26. The van der Waals surface area contributed by atoms with Crippen molar-refractivity contribution >= 4 is 33.5 Å². The molecule has 0 aliphatic carbocycles. The van der Waals surface area contributed by atoms with Gasteiger partial charge in [-0.2, -0.15) is 4.72 Å². The van der Waals surface area contributed by atoms with Gasteiger partial charge in [-0.3, -0.25) is 14.6 Å². The van der Waals surface area contributed by atoms with E-state index in [0.29, 0.717) is 30.0 Å². The molecule has 9 nitrogen and oxygen atoms in total. The molecule has 31 heavy (non-hydrogen) atoms. The second-order valence-electron chi connectivity index (χ2n) is 6.62. The van der Waals surface area contributed by atoms with Crippen molar-refractivity contribution in [1.82, 2.24) is 15.0 Å². The Kier molecular flexibility index (Phi) is 9.70. The fraction of sp³-hybridized carbons (Fsp3) is 0.350. The van der Waals surface area contributed by atoms with E-state index < -0.39 is 27.9 Å². The molecule has 0 aliphatic heterocycles. The minimum Gasteiger partial charge on any atom is -0.490 e. The van der Waals surface area contributed by atoms with Gasteiger partial charge in [0, 0.05) is 24.2 Å². The van der Waals surface area contributed by atoms with E-state index >= 15 is 0 Å². The van der Waals surface area contributed by atoms with Crippen LogP contribution in [0, 0.1) is 0 Å². The van der Waals surface area contributed by atoms with Gasteiger partial charge >= 0.3 is 5.97 Å². The van der Waals surface area contributed by atoms with Crippen molar-refractivity contribution in [3.63, 3.8) is 0 Å². The van der Waals surface area contributed by atoms with Crippen LogP contribution in [-0.4, -0.2) is 49.6 Å². The Balaban J connectivity index is 2.00. The molecule has 2 aromatic rings. The zero-order chi connectivity index (χ0) is 22.7. The average molecular weight is 470 g/mol. The third-order valence-electron chi connectivity index (χ3n) is 4.16. The number of aromatic nitrogens is 1. The summed E-state index contributed by atoms with van der Waals surface area (Å²) in [5, 5.41) is 11.7. The predicted octanol–water partition coefficient (Wildman–Crippen LogP) is 2.22. The average Bonchev–Trinajstić information content (AvgIpc) is 2.74. The van der Waals surface area contributed by atoms with Gasteiger partial charge in [-0.05, 0) is 49.2 Å². The van der Waals surface area contributed by atoms with Gasteiger partial charge in [0.2, 0.25) is 15.9 Å². The maximum absolute atomic E-state index is 12.7. The van der Waals surface area contributed by atoms with Crippen LogP contribution in [0.5, 0.6) is 5.75 Å². The third kappa shape index (κ3) is 8.91. The first kappa shape index (κ1) is 24.6. The van der Waals surface area contributed by atoms with Gasteiger partial charge in [0.05, 0.1) is 11.1 Å². The number of pyridine rings is 1. The highest BCUT2D eigenvalue weighted by Crippen LogP contribution is 2.15. The number of carbonyl (C=O) groups is 2. The zero-order valence-electron chi connectivity index (χ0n) is 16.7. The molecule has 0 aliphatic rings. The van der Waals surface area contributed by atoms with E-state index in [0.717, 1.165) is 0 Å². The monoisotopic (exact) mass is 469 g/mol. The highest BCUT2D eigenvalue weighted by atomic mass is 35.5. The Hall–Kier alpha value is -2.69. The van der Waals surface area contributed by atoms with Crippen LogP contribution in [0.3, 0.4) is 0 Å². The standard InChI is InChI=1S/C20H24ClN3O6S/c21-15-7-9-17(10-8-15)31(28,29)24-18(14-30-16-5-4-11-22-13-16)20(27)23-12-3-1-2-6-19(25)26/h4-5,7-11,13,18,24H,1-3,6,12,14H2,(H,23,27)(H,25,26)/t18-/m0/s1. The van der Waals surface area contributed by atoms with E-state index in [2.05, 4.69) is 15.0 Å². The van der Waals surface area contributed by atoms with Gasteiger partial charge in [-0.1, -0.05) is 18.0 Å². The molecule has 11 heteroatoms. The molecule has 168 valence electrons. The van der Waals surface area contributed by atoms with Crippen molar-refractivity contribution in [2.75, 3.05) is 13.2 Å². The summed E-state index contributed by atoms with van der Waals surface area (Å²) in [4.78, 5) is 27.0. The number of rotatable bonds is 13. The van der Waals surface area contributed by atoms with E-state index in [1.165, 1.54) is 30.5 Å². The minimum absolute atomic E-state index is 0.0373. The number of unbranched alkanes of at least 4 members (excludes halogenated alkanes) is 2. The number of carboxylic acid groups (broad SMARTS) is 1. The SMILES string of the molecule is O=C(O)CCCCCNC(=O)[C@H](COc1cccnc1)NS(=O)(=O)c1ccc(Cl)cc1. The number of aliphatic carboxylic acids is 1. The highest BCUT2D eigenvalue weighted by molar-refractivity contribution is 7.89. The molecule has 1 aromatic carbocycles. The van der Waals surface area contributed by atoms with Crippen molar-refractivity contribution in [1.29, 1.82) is 0 Å². The van der Waals surface area contributed by atoms with Gasteiger partial charge in [0.25, 0.3) is 0 Å². The summed E-state index contributed by atoms with van der Waals surface area (Å²) in [6, 6.07) is 7.65. The Morgan fingerprint density at radius 3 is 2.52 bits per heavy atom. The van der Waals surface area contributed by atoms with Crippen LogP contribution in [-0.2, 0) is 19.6 Å². The van der Waals surface area contributed by atoms with Crippen LogP contribution in [0.15, 0.2) is 53.7 Å². The number of nitrogens with zero attached hydrogens (tertiary/aromatic N) is 1. The van der Waals surface area contributed by atoms with Crippen LogP contribution < -0.4 is 14.8 Å². The third-order valence-corrected chi connectivity index (χ3v) is 5.90. The minimum atomic E-state index is -4.00. The number of carboxylic acids is 1. The van der Waals surface area contributed by atoms with Crippen LogP contribution in [0.25, 0.3) is 0 Å². The number of nitrogens with one attached hydrogen (secondary N) is 2. The Labute approximate surface area is 185 Å². The first-order chi connectivity index (χ1) is 14.8. The number of ether oxygens (including phenoxy) is 1. The summed E-state index contributed by atoms with van der Waals surface area (Å²) in [6.07, 6.45) is 4.77. The Bertz CT molecular complexity index is 955. The van der Waals surface area contributed by atoms with Crippen LogP contribution in [0.1, 0.15) is 25.7 Å². The topological polar surface area (TPSA) is 135 Å². The van der Waals surface area contributed by atoms with Gasteiger partial charge in [0.15, 0.2) is 0 Å². The molecule has 0 spiro atoms. The Morgan fingerprint density at radius 2 is 1.87 bits per heavy atom. The smallest absolute Gasteiger partial charge is 0.303 e. The number of benzene rings is 1. The molecule has 3 N–H and O–H groups in total. The van der Waals surface area contributed by atoms with Crippen LogP contribution >= 0.6 is 11.6 Å². The second kappa shape index (κ2) is 12.2. The number of amides is 1. The summed E-state index contributed by atoms with van der Waals surface area (Å²) < 4.78 is 33.3. The molecule has 0 saturated carbocycles. The zero-order valence-corrected chi connectivity index (χ0v) is 18.2. The van der Waals surface area contributed by atoms with Crippen molar-refractivity contribution in [3.05, 3.63) is 53.8 Å². The molecule has 0 saturated heterocycles. The predicted molar refractivity (Wildman–Crippen MR) is 114 cm³/mol. The van der Waals surface area contributed by atoms with Gasteiger partial charge in [0.1, 0.15) is 18.4 Å². The lowest BCUT2D eigenvalue weighted by atomic mass is 10.2. The van der Waals surface area contributed by atoms with Gasteiger partial charge in [-0.15, -0.1) is 0 Å². The van der Waals surface area contributed by atoms with Gasteiger partial charge in [-0.25, -0.2) is 8.42 Å². The number of sulfonamides is 1. The number of carbonyl (C=O) groups excluding carboxylic acids is 1. The number of hydrogen-bond acceptors (Lipinski definition) is 6. The number of hydrogen-bond donors (Lipinski definition) is 3. The molecule has 1 heterocycles. The fourth-order valence-electron chi connectivity index (χ4n) is 2.56. The maximum atomic E-state index is 12.7. The maximum Gasteiger partial charge on any atom is 0.303 e. The van der Waals surface area contributed by atoms with Crippen molar-refractivity contribution in [2.45, 2.75) is 36.6 Å². The molecule has 0 fully saturated rings. The first-order valence-electron chi connectivity index (χ1n) is 9.58. The lowest BCUT2D eigenvalue weighted by Crippen LogP contribution is -2.50. The molecule has 2 rings (SSSR count). The summed E-state index contributed by atoms with van der Waals surface area (Å²) in [5.41, 5.74) is 0. The van der Waals surface area contributed by atoms with E-state index in [9.17, 15) is 18.0 Å². The molecule has 0 unspecified atom stereocenters. The molecule has 1 atom stereocenters. The summed E-state index contributed by atoms with van der Waals surface area (Å²) >= 11 is 5.81. The van der Waals surface area contributed by atoms with Crippen LogP contribution in [0.4, 0.5) is 0 Å². The molecular formula is C20H24ClN3O6S. The van der Waals surface area contributed by atoms with E-state index in [1.54, 1.807) is 18.3 Å². The van der Waals surface area contributed by atoms with Crippen LogP contribution in [0.2, 0.25) is 5.02 Å². The number of halogens is 1. The molecule has 0 bridgehead atoms. The van der Waals surface area contributed by atoms with E-state index in [1.807, 2.05) is 0 Å². The lowest BCUT2D eigenvalue weighted by molar-refractivity contribution is -0.137. The van der Waals surface area contributed by atoms with Crippen molar-refractivity contribution < 1.29 is 27.9 Å². The second-order valence-corrected chi connectivity index (χ2v) is 8.77. The van der Waals surface area contributed by atoms with E-state index in [-0.39, 0.29) is 24.5 Å². The quantitative estimate of drug-likeness (QED) is 0.383. The first-order valence-corrected chi connectivity index (χ1v) is 11.4. The Morgan fingerprint density at radius 1 is 1.13 bits per heavy atom. The fourth-order valence-corrected chi connectivity index (χ4v) is 3.86. The normalized spacial score (nSPS) is 12.2. The molecule has 1 aromatic heterocycles.